The highest BCUT2D eigenvalue weighted by molar-refractivity contribution is 7.89. The predicted octanol–water partition coefficient (Wildman–Crippen LogP) is 2.57. The highest BCUT2D eigenvalue weighted by Crippen LogP contribution is 2.35. The molecule has 8 heteroatoms. The van der Waals surface area contributed by atoms with Crippen molar-refractivity contribution >= 4 is 28.4 Å². The molecule has 0 unspecified atom stereocenters. The molecular weight excluding hydrogens is 400 g/mol. The number of ether oxygens (including phenoxy) is 1. The fourth-order valence-electron chi connectivity index (χ4n) is 3.67. The van der Waals surface area contributed by atoms with Gasteiger partial charge in [-0.1, -0.05) is 30.3 Å². The maximum absolute atomic E-state index is 13.2. The Labute approximate surface area is 172 Å². The summed E-state index contributed by atoms with van der Waals surface area (Å²) in [6.07, 6.45) is 0. The van der Waals surface area contributed by atoms with E-state index in [9.17, 15) is 13.2 Å². The molecule has 1 aliphatic heterocycles. The van der Waals surface area contributed by atoms with Gasteiger partial charge in [-0.2, -0.15) is 4.31 Å². The minimum atomic E-state index is -3.68. The van der Waals surface area contributed by atoms with Crippen LogP contribution in [0, 0.1) is 12.8 Å². The molecule has 0 radical (unpaired) electrons. The molecule has 28 heavy (non-hydrogen) atoms. The van der Waals surface area contributed by atoms with Crippen molar-refractivity contribution in [1.29, 1.82) is 0 Å². The zero-order valence-electron chi connectivity index (χ0n) is 15.9. The van der Waals surface area contributed by atoms with Crippen LogP contribution in [-0.2, 0) is 14.8 Å². The first kappa shape index (κ1) is 22.4. The summed E-state index contributed by atoms with van der Waals surface area (Å²) in [5, 5.41) is 0. The third-order valence-electron chi connectivity index (χ3n) is 5.15. The highest BCUT2D eigenvalue weighted by Gasteiger charge is 2.39. The second-order valence-corrected chi connectivity index (χ2v) is 8.71. The van der Waals surface area contributed by atoms with E-state index in [-0.39, 0.29) is 29.1 Å². The smallest absolute Gasteiger partial charge is 0.337 e. The van der Waals surface area contributed by atoms with Gasteiger partial charge < -0.3 is 10.5 Å². The van der Waals surface area contributed by atoms with Gasteiger partial charge in [0.15, 0.2) is 0 Å². The fraction of sp³-hybridized carbons (Fsp3) is 0.350. The molecule has 0 amide bonds. The molecule has 152 valence electrons. The van der Waals surface area contributed by atoms with E-state index in [0.717, 1.165) is 5.56 Å². The number of hydrogen-bond acceptors (Lipinski definition) is 5. The summed E-state index contributed by atoms with van der Waals surface area (Å²) in [6, 6.07) is 14.4. The zero-order valence-corrected chi connectivity index (χ0v) is 17.5. The number of carbonyl (C=O) groups excluding carboxylic acids is 1. The summed E-state index contributed by atoms with van der Waals surface area (Å²) in [7, 11) is -2.38. The first-order valence-electron chi connectivity index (χ1n) is 8.82. The number of aryl methyl sites for hydroxylation is 1. The normalized spacial score (nSPS) is 19.8. The SMILES string of the molecule is COC(=O)c1ccc(S(=O)(=O)N2C[C@@H](CN)[C@H](c3ccccc3)C2)c(C)c1.Cl. The van der Waals surface area contributed by atoms with Crippen LogP contribution >= 0.6 is 12.4 Å². The van der Waals surface area contributed by atoms with Crippen LogP contribution in [0.4, 0.5) is 0 Å². The van der Waals surface area contributed by atoms with Crippen LogP contribution in [0.2, 0.25) is 0 Å². The molecule has 1 heterocycles. The second-order valence-electron chi connectivity index (χ2n) is 6.81. The lowest BCUT2D eigenvalue weighted by Gasteiger charge is -2.18. The van der Waals surface area contributed by atoms with Crippen molar-refractivity contribution in [3.8, 4) is 0 Å². The van der Waals surface area contributed by atoms with Crippen molar-refractivity contribution in [2.75, 3.05) is 26.7 Å². The minimum absolute atomic E-state index is 0. The first-order valence-corrected chi connectivity index (χ1v) is 10.3. The van der Waals surface area contributed by atoms with Gasteiger partial charge in [0.05, 0.1) is 17.6 Å². The number of hydrogen-bond donors (Lipinski definition) is 1. The van der Waals surface area contributed by atoms with Gasteiger partial charge in [-0.15, -0.1) is 12.4 Å². The Bertz CT molecular complexity index is 934. The Morgan fingerprint density at radius 2 is 1.86 bits per heavy atom. The third-order valence-corrected chi connectivity index (χ3v) is 7.14. The molecule has 2 N–H and O–H groups in total. The number of esters is 1. The van der Waals surface area contributed by atoms with Gasteiger partial charge in [-0.25, -0.2) is 13.2 Å². The Morgan fingerprint density at radius 1 is 1.18 bits per heavy atom. The Kier molecular flexibility index (Phi) is 7.22. The number of benzene rings is 2. The van der Waals surface area contributed by atoms with Crippen LogP contribution in [0.3, 0.4) is 0 Å². The molecule has 1 saturated heterocycles. The zero-order chi connectivity index (χ0) is 19.6. The summed E-state index contributed by atoms with van der Waals surface area (Å²) in [5.41, 5.74) is 7.88. The quantitative estimate of drug-likeness (QED) is 0.745. The van der Waals surface area contributed by atoms with Crippen molar-refractivity contribution in [2.24, 2.45) is 11.7 Å². The molecule has 2 aromatic carbocycles. The van der Waals surface area contributed by atoms with Crippen molar-refractivity contribution in [3.05, 3.63) is 65.2 Å². The molecule has 1 fully saturated rings. The summed E-state index contributed by atoms with van der Waals surface area (Å²) in [4.78, 5) is 11.9. The largest absolute Gasteiger partial charge is 0.465 e. The van der Waals surface area contributed by atoms with E-state index in [1.165, 1.54) is 23.5 Å². The summed E-state index contributed by atoms with van der Waals surface area (Å²) >= 11 is 0. The summed E-state index contributed by atoms with van der Waals surface area (Å²) < 4.78 is 32.6. The van der Waals surface area contributed by atoms with E-state index < -0.39 is 16.0 Å². The lowest BCUT2D eigenvalue weighted by atomic mass is 9.89. The van der Waals surface area contributed by atoms with E-state index >= 15 is 0 Å². The molecule has 0 aliphatic carbocycles. The minimum Gasteiger partial charge on any atom is -0.465 e. The summed E-state index contributed by atoms with van der Waals surface area (Å²) in [5.74, 6) is -0.354. The number of halogens is 1. The molecular formula is C20H25ClN2O4S. The lowest BCUT2D eigenvalue weighted by molar-refractivity contribution is 0.0600. The standard InChI is InChI=1S/C20H24N2O4S.ClH/c1-14-10-16(20(23)26-2)8-9-19(14)27(24,25)22-12-17(11-21)18(13-22)15-6-4-3-5-7-15;/h3-10,17-18H,11-13,21H2,1-2H3;1H/t17-,18+;/m1./s1. The van der Waals surface area contributed by atoms with E-state index in [0.29, 0.717) is 30.8 Å². The number of carbonyl (C=O) groups is 1. The average Bonchev–Trinajstić information content (AvgIpc) is 3.13. The van der Waals surface area contributed by atoms with Gasteiger partial charge in [0.1, 0.15) is 0 Å². The monoisotopic (exact) mass is 424 g/mol. The Morgan fingerprint density at radius 3 is 2.43 bits per heavy atom. The van der Waals surface area contributed by atoms with Gasteiger partial charge >= 0.3 is 5.97 Å². The molecule has 0 aromatic heterocycles. The maximum Gasteiger partial charge on any atom is 0.337 e. The second kappa shape index (κ2) is 9.05. The van der Waals surface area contributed by atoms with E-state index in [4.69, 9.17) is 10.5 Å². The van der Waals surface area contributed by atoms with E-state index in [1.54, 1.807) is 13.0 Å². The van der Waals surface area contributed by atoms with Crippen LogP contribution in [-0.4, -0.2) is 45.4 Å². The van der Waals surface area contributed by atoms with E-state index in [2.05, 4.69) is 0 Å². The number of nitrogens with two attached hydrogens (primary N) is 1. The predicted molar refractivity (Wildman–Crippen MR) is 110 cm³/mol. The molecule has 1 aliphatic rings. The van der Waals surface area contributed by atoms with Gasteiger partial charge in [0, 0.05) is 19.0 Å². The Hall–Kier alpha value is -1.93. The van der Waals surface area contributed by atoms with Crippen LogP contribution in [0.1, 0.15) is 27.4 Å². The maximum atomic E-state index is 13.2. The number of methoxy groups -OCH3 is 1. The van der Waals surface area contributed by atoms with Crippen LogP contribution in [0.25, 0.3) is 0 Å². The van der Waals surface area contributed by atoms with Crippen molar-refractivity contribution < 1.29 is 17.9 Å². The molecule has 6 nitrogen and oxygen atoms in total. The number of sulfonamides is 1. The van der Waals surface area contributed by atoms with Crippen molar-refractivity contribution in [3.63, 3.8) is 0 Å². The van der Waals surface area contributed by atoms with E-state index in [1.807, 2.05) is 30.3 Å². The molecule has 3 rings (SSSR count). The van der Waals surface area contributed by atoms with Crippen LogP contribution in [0.15, 0.2) is 53.4 Å². The summed E-state index contributed by atoms with van der Waals surface area (Å²) in [6.45, 7) is 2.89. The molecule has 2 atom stereocenters. The van der Waals surface area contributed by atoms with Gasteiger partial charge in [0.25, 0.3) is 0 Å². The third kappa shape index (κ3) is 4.22. The molecule has 2 aromatic rings. The van der Waals surface area contributed by atoms with Crippen molar-refractivity contribution in [1.82, 2.24) is 4.31 Å². The van der Waals surface area contributed by atoms with Crippen LogP contribution < -0.4 is 5.73 Å². The molecule has 0 spiro atoms. The van der Waals surface area contributed by atoms with Gasteiger partial charge in [-0.05, 0) is 48.7 Å². The fourth-order valence-corrected chi connectivity index (χ4v) is 5.40. The van der Waals surface area contributed by atoms with Crippen molar-refractivity contribution in [2.45, 2.75) is 17.7 Å². The first-order chi connectivity index (χ1) is 12.9. The topological polar surface area (TPSA) is 89.7 Å². The molecule has 0 saturated carbocycles. The number of nitrogens with zero attached hydrogens (tertiary/aromatic N) is 1. The average molecular weight is 425 g/mol. The number of rotatable bonds is 5. The Balaban J connectivity index is 0.00000280. The van der Waals surface area contributed by atoms with Crippen LogP contribution in [0.5, 0.6) is 0 Å². The van der Waals surface area contributed by atoms with Gasteiger partial charge in [0.2, 0.25) is 10.0 Å². The lowest BCUT2D eigenvalue weighted by Crippen LogP contribution is -2.30. The molecule has 0 bridgehead atoms. The highest BCUT2D eigenvalue weighted by atomic mass is 35.5. The van der Waals surface area contributed by atoms with Gasteiger partial charge in [-0.3, -0.25) is 0 Å².